The lowest BCUT2D eigenvalue weighted by molar-refractivity contribution is -0.117. The fraction of sp³-hybridized carbons (Fsp3) is 0.800. The van der Waals surface area contributed by atoms with Gasteiger partial charge in [-0.3, -0.25) is 0 Å². The van der Waals surface area contributed by atoms with E-state index in [-0.39, 0.29) is 0 Å². The molecule has 92 valence electrons. The van der Waals surface area contributed by atoms with Crippen LogP contribution in [0.5, 0.6) is 0 Å². The number of unbranched alkanes of at least 4 members (excludes halogenated alkanes) is 7. The highest BCUT2D eigenvalue weighted by Crippen LogP contribution is 2.07. The molecule has 0 aliphatic carbocycles. The van der Waals surface area contributed by atoms with Crippen LogP contribution in [-0.4, -0.2) is 5.78 Å². The molecule has 0 atom stereocenters. The average Bonchev–Trinajstić information content (AvgIpc) is 2.25. The second-order valence-electron chi connectivity index (χ2n) is 4.43. The van der Waals surface area contributed by atoms with Gasteiger partial charge in [-0.05, 0) is 26.2 Å². The Labute approximate surface area is 101 Å². The summed E-state index contributed by atoms with van der Waals surface area (Å²) in [6.45, 7) is 3.87. The molecule has 0 saturated carbocycles. The number of carbonyl (C=O) groups is 1. The zero-order chi connectivity index (χ0) is 12.1. The van der Waals surface area contributed by atoms with Gasteiger partial charge in [0.25, 0.3) is 0 Å². The molecule has 0 aromatic rings. The molecule has 0 aliphatic rings. The summed E-state index contributed by atoms with van der Waals surface area (Å²) in [6.07, 6.45) is 11.4. The third-order valence-corrected chi connectivity index (χ3v) is 2.61. The van der Waals surface area contributed by atoms with Gasteiger partial charge in [0, 0.05) is 19.3 Å². The Morgan fingerprint density at radius 1 is 0.875 bits per heavy atom. The number of Topliss-reactive ketones (excluding diaryl/α,β-unsaturated/α-hetero) is 1. The average molecular weight is 222 g/mol. The molecule has 0 amide bonds. The second kappa shape index (κ2) is 12.3. The van der Waals surface area contributed by atoms with Crippen LogP contribution in [-0.2, 0) is 4.79 Å². The van der Waals surface area contributed by atoms with Crippen LogP contribution in [0.25, 0.3) is 0 Å². The van der Waals surface area contributed by atoms with Gasteiger partial charge in [0.05, 0.1) is 0 Å². The molecule has 0 bridgehead atoms. The van der Waals surface area contributed by atoms with E-state index < -0.39 is 0 Å². The van der Waals surface area contributed by atoms with Crippen LogP contribution in [0.1, 0.15) is 78.1 Å². The van der Waals surface area contributed by atoms with Crippen LogP contribution in [0.4, 0.5) is 0 Å². The third-order valence-electron chi connectivity index (χ3n) is 2.61. The minimum atomic E-state index is 0.321. The lowest BCUT2D eigenvalue weighted by Crippen LogP contribution is -1.89. The molecule has 0 N–H and O–H groups in total. The van der Waals surface area contributed by atoms with E-state index in [2.05, 4.69) is 18.8 Å². The molecule has 0 aromatic carbocycles. The van der Waals surface area contributed by atoms with Gasteiger partial charge in [0.2, 0.25) is 0 Å². The van der Waals surface area contributed by atoms with Gasteiger partial charge in [-0.15, -0.1) is 11.8 Å². The first kappa shape index (κ1) is 15.2. The largest absolute Gasteiger partial charge is 0.300 e. The van der Waals surface area contributed by atoms with E-state index in [0.717, 1.165) is 25.7 Å². The summed E-state index contributed by atoms with van der Waals surface area (Å²) < 4.78 is 0. The third kappa shape index (κ3) is 13.2. The van der Waals surface area contributed by atoms with E-state index in [0.29, 0.717) is 5.78 Å². The number of hydrogen-bond acceptors (Lipinski definition) is 1. The predicted molar refractivity (Wildman–Crippen MR) is 70.3 cm³/mol. The second-order valence-corrected chi connectivity index (χ2v) is 4.43. The topological polar surface area (TPSA) is 17.1 Å². The first-order chi connectivity index (χ1) is 7.77. The Kier molecular flexibility index (Phi) is 11.7. The molecule has 0 fully saturated rings. The molecule has 0 heterocycles. The van der Waals surface area contributed by atoms with Crippen molar-refractivity contribution in [2.24, 2.45) is 0 Å². The first-order valence-electron chi connectivity index (χ1n) is 6.72. The quantitative estimate of drug-likeness (QED) is 0.414. The van der Waals surface area contributed by atoms with E-state index in [1.54, 1.807) is 6.92 Å². The monoisotopic (exact) mass is 222 g/mol. The summed E-state index contributed by atoms with van der Waals surface area (Å²) in [5.41, 5.74) is 0. The van der Waals surface area contributed by atoms with Gasteiger partial charge in [0.15, 0.2) is 0 Å². The van der Waals surface area contributed by atoms with Crippen molar-refractivity contribution >= 4 is 5.78 Å². The molecule has 0 rings (SSSR count). The molecule has 1 nitrogen and oxygen atoms in total. The maximum atomic E-state index is 10.7. The minimum absolute atomic E-state index is 0.321. The maximum Gasteiger partial charge on any atom is 0.129 e. The van der Waals surface area contributed by atoms with E-state index in [4.69, 9.17) is 0 Å². The summed E-state index contributed by atoms with van der Waals surface area (Å²) in [7, 11) is 0. The molecule has 0 unspecified atom stereocenters. The molecule has 16 heavy (non-hydrogen) atoms. The minimum Gasteiger partial charge on any atom is -0.300 e. The molecular weight excluding hydrogens is 196 g/mol. The Morgan fingerprint density at radius 2 is 1.44 bits per heavy atom. The van der Waals surface area contributed by atoms with Crippen molar-refractivity contribution in [2.45, 2.75) is 78.1 Å². The van der Waals surface area contributed by atoms with Crippen LogP contribution >= 0.6 is 0 Å². The summed E-state index contributed by atoms with van der Waals surface area (Å²) >= 11 is 0. The molecule has 0 aliphatic heterocycles. The van der Waals surface area contributed by atoms with Crippen molar-refractivity contribution < 1.29 is 4.79 Å². The van der Waals surface area contributed by atoms with Crippen LogP contribution in [0.15, 0.2) is 0 Å². The zero-order valence-electron chi connectivity index (χ0n) is 11.0. The van der Waals surface area contributed by atoms with Crippen molar-refractivity contribution in [1.29, 1.82) is 0 Å². The highest BCUT2D eigenvalue weighted by atomic mass is 16.1. The van der Waals surface area contributed by atoms with Crippen molar-refractivity contribution in [1.82, 2.24) is 0 Å². The van der Waals surface area contributed by atoms with Gasteiger partial charge >= 0.3 is 0 Å². The van der Waals surface area contributed by atoms with E-state index in [1.165, 1.54) is 38.5 Å². The normalized spacial score (nSPS) is 9.62. The van der Waals surface area contributed by atoms with Crippen LogP contribution in [0.2, 0.25) is 0 Å². The zero-order valence-corrected chi connectivity index (χ0v) is 11.0. The van der Waals surface area contributed by atoms with E-state index in [9.17, 15) is 4.79 Å². The van der Waals surface area contributed by atoms with Gasteiger partial charge in [-0.25, -0.2) is 0 Å². The maximum absolute atomic E-state index is 10.7. The van der Waals surface area contributed by atoms with Crippen LogP contribution in [0, 0.1) is 11.8 Å². The van der Waals surface area contributed by atoms with Crippen LogP contribution in [0.3, 0.4) is 0 Å². The van der Waals surface area contributed by atoms with E-state index in [1.807, 2.05) is 0 Å². The molecule has 1 heteroatoms. The molecule has 0 radical (unpaired) electrons. The molecule has 0 spiro atoms. The molecular formula is C15H26O. The van der Waals surface area contributed by atoms with Gasteiger partial charge in [-0.2, -0.15) is 0 Å². The van der Waals surface area contributed by atoms with Gasteiger partial charge in [-0.1, -0.05) is 32.6 Å². The first-order valence-corrected chi connectivity index (χ1v) is 6.72. The predicted octanol–water partition coefficient (Wildman–Crippen LogP) is 4.50. The summed E-state index contributed by atoms with van der Waals surface area (Å²) in [4.78, 5) is 10.7. The highest BCUT2D eigenvalue weighted by molar-refractivity contribution is 5.75. The van der Waals surface area contributed by atoms with Crippen molar-refractivity contribution in [3.05, 3.63) is 0 Å². The Bertz CT molecular complexity index is 219. The van der Waals surface area contributed by atoms with Crippen molar-refractivity contribution in [3.8, 4) is 11.8 Å². The Morgan fingerprint density at radius 3 is 2.06 bits per heavy atom. The number of ketones is 1. The lowest BCUT2D eigenvalue weighted by Gasteiger charge is -1.97. The van der Waals surface area contributed by atoms with Gasteiger partial charge < -0.3 is 4.79 Å². The highest BCUT2D eigenvalue weighted by Gasteiger charge is 1.93. The van der Waals surface area contributed by atoms with Crippen molar-refractivity contribution in [3.63, 3.8) is 0 Å². The smallest absolute Gasteiger partial charge is 0.129 e. The van der Waals surface area contributed by atoms with Crippen LogP contribution < -0.4 is 0 Å². The molecule has 0 aromatic heterocycles. The Hall–Kier alpha value is -0.770. The SMILES string of the molecule is CCCCC#CCCCCCCCC(C)=O. The lowest BCUT2D eigenvalue weighted by atomic mass is 10.1. The van der Waals surface area contributed by atoms with Crippen molar-refractivity contribution in [2.75, 3.05) is 0 Å². The fourth-order valence-electron chi connectivity index (χ4n) is 1.56. The summed E-state index contributed by atoms with van der Waals surface area (Å²) in [6, 6.07) is 0. The Balaban J connectivity index is 3.08. The van der Waals surface area contributed by atoms with E-state index >= 15 is 0 Å². The number of rotatable bonds is 9. The summed E-state index contributed by atoms with van der Waals surface area (Å²) in [5, 5.41) is 0. The number of hydrogen-bond donors (Lipinski definition) is 0. The molecule has 0 saturated heterocycles. The number of carbonyl (C=O) groups excluding carboxylic acids is 1. The van der Waals surface area contributed by atoms with Gasteiger partial charge in [0.1, 0.15) is 5.78 Å². The summed E-state index contributed by atoms with van der Waals surface area (Å²) in [5.74, 6) is 6.75. The standard InChI is InChI=1S/C15H26O/c1-3-4-5-6-7-8-9-10-11-12-13-14-15(2)16/h3-5,8-14H2,1-2H3. The fourth-order valence-corrected chi connectivity index (χ4v) is 1.56.